The average Bonchev–Trinajstić information content (AvgIpc) is 3.56. The number of ether oxygens (including phenoxy) is 2. The monoisotopic (exact) mass is 666 g/mol. The van der Waals surface area contributed by atoms with E-state index in [4.69, 9.17) is 9.47 Å². The number of unbranched alkanes of at least 4 members (excludes halogenated alkanes) is 15. The molecule has 1 amide bonds. The molecule has 7 heteroatoms. The van der Waals surface area contributed by atoms with Gasteiger partial charge >= 0.3 is 6.09 Å². The molecule has 43 heavy (non-hydrogen) atoms. The summed E-state index contributed by atoms with van der Waals surface area (Å²) < 4.78 is 13.4. The molecule has 6 nitrogen and oxygen atoms in total. The molecular formula is C36H63BrN2O4. The lowest BCUT2D eigenvalue weighted by atomic mass is 9.89. The van der Waals surface area contributed by atoms with Gasteiger partial charge in [-0.2, -0.15) is 0 Å². The quantitative estimate of drug-likeness (QED) is 0.0742. The zero-order valence-corrected chi connectivity index (χ0v) is 29.1. The molecule has 1 saturated carbocycles. The average molecular weight is 668 g/mol. The summed E-state index contributed by atoms with van der Waals surface area (Å²) in [5, 5.41) is 2.85. The van der Waals surface area contributed by atoms with Crippen LogP contribution < -0.4 is 26.9 Å². The number of amides is 1. The van der Waals surface area contributed by atoms with E-state index >= 15 is 0 Å². The van der Waals surface area contributed by atoms with Gasteiger partial charge in [0.1, 0.15) is 6.61 Å². The van der Waals surface area contributed by atoms with Crippen LogP contribution >= 0.6 is 0 Å². The van der Waals surface area contributed by atoms with Gasteiger partial charge < -0.3 is 31.8 Å². The largest absolute Gasteiger partial charge is 1.00 e. The lowest BCUT2D eigenvalue weighted by Gasteiger charge is -2.28. The van der Waals surface area contributed by atoms with E-state index in [1.54, 1.807) is 0 Å². The van der Waals surface area contributed by atoms with Crippen molar-refractivity contribution >= 4 is 12.4 Å². The molecular weight excluding hydrogens is 604 g/mol. The van der Waals surface area contributed by atoms with Crippen molar-refractivity contribution in [1.29, 1.82) is 0 Å². The number of alkyl carbamates (subject to hydrolysis) is 1. The van der Waals surface area contributed by atoms with Crippen LogP contribution in [0.15, 0.2) is 30.6 Å². The second-order valence-electron chi connectivity index (χ2n) is 12.7. The first-order chi connectivity index (χ1) is 20.6. The van der Waals surface area contributed by atoms with Gasteiger partial charge in [-0.1, -0.05) is 122 Å². The van der Waals surface area contributed by atoms with Gasteiger partial charge in [-0.15, -0.1) is 0 Å². The summed E-state index contributed by atoms with van der Waals surface area (Å²) in [5.41, 5.74) is -1.11. The van der Waals surface area contributed by atoms with Crippen LogP contribution in [0.2, 0.25) is 0 Å². The van der Waals surface area contributed by atoms with E-state index in [0.29, 0.717) is 24.9 Å². The Labute approximate surface area is 274 Å². The highest BCUT2D eigenvalue weighted by Gasteiger charge is 2.37. The number of methoxy groups -OCH3 is 1. The third kappa shape index (κ3) is 17.6. The van der Waals surface area contributed by atoms with Crippen LogP contribution in [0.5, 0.6) is 0 Å². The zero-order chi connectivity index (χ0) is 30.1. The first-order valence-corrected chi connectivity index (χ1v) is 17.5. The summed E-state index contributed by atoms with van der Waals surface area (Å²) >= 11 is 0. The number of hydrogen-bond acceptors (Lipinski definition) is 4. The summed E-state index contributed by atoms with van der Waals surface area (Å²) in [6, 6.07) is 6.45. The van der Waals surface area contributed by atoms with Crippen LogP contribution in [0.1, 0.15) is 154 Å². The Bertz CT molecular complexity index is 806. The fraction of sp³-hybridized carbons (Fsp3) is 0.806. The van der Waals surface area contributed by atoms with E-state index in [9.17, 15) is 9.59 Å². The van der Waals surface area contributed by atoms with E-state index in [-0.39, 0.29) is 23.6 Å². The molecule has 1 aromatic heterocycles. The molecule has 2 unspecified atom stereocenters. The molecule has 0 aromatic carbocycles. The summed E-state index contributed by atoms with van der Waals surface area (Å²) in [4.78, 5) is 24.5. The predicted molar refractivity (Wildman–Crippen MR) is 172 cm³/mol. The molecule has 248 valence electrons. The number of pyridine rings is 1. The Balaban J connectivity index is 0.00000924. The predicted octanol–water partition coefficient (Wildman–Crippen LogP) is 6.06. The van der Waals surface area contributed by atoms with E-state index in [2.05, 4.69) is 41.3 Å². The molecule has 1 aliphatic rings. The number of halogens is 1. The van der Waals surface area contributed by atoms with Crippen LogP contribution in [-0.4, -0.2) is 38.2 Å². The zero-order valence-electron chi connectivity index (χ0n) is 27.5. The Morgan fingerprint density at radius 1 is 0.860 bits per heavy atom. The molecule has 0 saturated heterocycles. The van der Waals surface area contributed by atoms with Crippen molar-refractivity contribution in [1.82, 2.24) is 5.32 Å². The molecule has 1 heterocycles. The number of aldehydes is 1. The van der Waals surface area contributed by atoms with Crippen LogP contribution in [0, 0.1) is 5.92 Å². The number of carbonyl (C=O) groups is 2. The van der Waals surface area contributed by atoms with Gasteiger partial charge in [-0.25, -0.2) is 9.36 Å². The van der Waals surface area contributed by atoms with Crippen LogP contribution in [0.25, 0.3) is 0 Å². The first-order valence-electron chi connectivity index (χ1n) is 17.5. The van der Waals surface area contributed by atoms with E-state index < -0.39 is 11.7 Å². The molecule has 2 atom stereocenters. The molecule has 0 aliphatic heterocycles. The van der Waals surface area contributed by atoms with Crippen LogP contribution in [0.3, 0.4) is 0 Å². The number of nitrogens with zero attached hydrogens (tertiary/aromatic N) is 1. The second-order valence-corrected chi connectivity index (χ2v) is 12.7. The normalized spacial score (nSPS) is 15.4. The highest BCUT2D eigenvalue weighted by atomic mass is 79.9. The molecule has 1 N–H and O–H groups in total. The van der Waals surface area contributed by atoms with Crippen molar-refractivity contribution in [2.45, 2.75) is 160 Å². The van der Waals surface area contributed by atoms with E-state index in [1.165, 1.54) is 123 Å². The number of carbonyl (C=O) groups excluding carboxylic acids is 2. The molecule has 2 rings (SSSR count). The Morgan fingerprint density at radius 3 is 1.86 bits per heavy atom. The number of aromatic nitrogens is 1. The molecule has 1 aromatic rings. The standard InChI is InChI=1S/C36H62N2O4.BrH/c1-3-4-5-6-7-8-9-10-11-12-13-14-15-16-17-21-28-37-35(40)42-32-36(31-39,41-2)27-26-34(33-24-19-20-25-33)38-29-22-18-23-30-38;/h18,22-23,29-31,33-34H,3-17,19-21,24-28,32H2,1-2H3;1H. The smallest absolute Gasteiger partial charge is 0.407 e. The fourth-order valence-electron chi connectivity index (χ4n) is 6.47. The highest BCUT2D eigenvalue weighted by Crippen LogP contribution is 2.35. The third-order valence-electron chi connectivity index (χ3n) is 9.30. The maximum atomic E-state index is 12.3. The van der Waals surface area contributed by atoms with Crippen molar-refractivity contribution in [3.63, 3.8) is 0 Å². The van der Waals surface area contributed by atoms with Crippen LogP contribution in [-0.2, 0) is 14.3 Å². The van der Waals surface area contributed by atoms with E-state index in [0.717, 1.165) is 25.5 Å². The molecule has 1 aliphatic carbocycles. The van der Waals surface area contributed by atoms with E-state index in [1.807, 2.05) is 6.07 Å². The van der Waals surface area contributed by atoms with Gasteiger partial charge in [0.2, 0.25) is 0 Å². The Kier molecular flexibility index (Phi) is 23.7. The SMILES string of the molecule is CCCCCCCCCCCCCCCCCCNC(=O)OCC(C=O)(CCC(C1CCCC1)[n+]1ccccc1)OC.[Br-]. The van der Waals surface area contributed by atoms with Crippen LogP contribution in [0.4, 0.5) is 4.79 Å². The summed E-state index contributed by atoms with van der Waals surface area (Å²) in [5.74, 6) is 0.600. The fourth-order valence-corrected chi connectivity index (χ4v) is 6.47. The minimum absolute atomic E-state index is 0. The summed E-state index contributed by atoms with van der Waals surface area (Å²) in [6.45, 7) is 2.82. The Hall–Kier alpha value is -1.47. The summed E-state index contributed by atoms with van der Waals surface area (Å²) in [6.07, 6.45) is 32.1. The lowest BCUT2D eigenvalue weighted by Crippen LogP contribution is -3.00. The van der Waals surface area contributed by atoms with Crippen molar-refractivity contribution in [2.75, 3.05) is 20.3 Å². The molecule has 0 spiro atoms. The Morgan fingerprint density at radius 2 is 1.37 bits per heavy atom. The molecule has 1 fully saturated rings. The topological polar surface area (TPSA) is 68.5 Å². The second kappa shape index (κ2) is 25.8. The third-order valence-corrected chi connectivity index (χ3v) is 9.30. The molecule has 0 radical (unpaired) electrons. The highest BCUT2D eigenvalue weighted by molar-refractivity contribution is 5.68. The van der Waals surface area contributed by atoms with Gasteiger partial charge in [0.15, 0.2) is 30.3 Å². The van der Waals surface area contributed by atoms with Gasteiger partial charge in [-0.3, -0.25) is 4.79 Å². The minimum atomic E-state index is -1.11. The minimum Gasteiger partial charge on any atom is -1.00 e. The van der Waals surface area contributed by atoms with Crippen molar-refractivity contribution in [3.8, 4) is 0 Å². The van der Waals surface area contributed by atoms with Crippen molar-refractivity contribution in [2.24, 2.45) is 5.92 Å². The summed E-state index contributed by atoms with van der Waals surface area (Å²) in [7, 11) is 1.53. The number of nitrogens with one attached hydrogen (secondary N) is 1. The van der Waals surface area contributed by atoms with Gasteiger partial charge in [0, 0.05) is 38.1 Å². The van der Waals surface area contributed by atoms with Gasteiger partial charge in [0.05, 0.1) is 0 Å². The number of rotatable bonds is 26. The van der Waals surface area contributed by atoms with Gasteiger partial charge in [0.25, 0.3) is 0 Å². The van der Waals surface area contributed by atoms with Gasteiger partial charge in [-0.05, 0) is 25.7 Å². The lowest BCUT2D eigenvalue weighted by molar-refractivity contribution is -0.731. The molecule has 0 bridgehead atoms. The first kappa shape index (κ1) is 39.6. The number of hydrogen-bond donors (Lipinski definition) is 1. The maximum absolute atomic E-state index is 12.3. The van der Waals surface area contributed by atoms with Crippen molar-refractivity contribution < 1.29 is 40.6 Å². The van der Waals surface area contributed by atoms with Crippen molar-refractivity contribution in [3.05, 3.63) is 30.6 Å². The maximum Gasteiger partial charge on any atom is 0.407 e.